The van der Waals surface area contributed by atoms with Crippen molar-refractivity contribution in [2.45, 2.75) is 11.0 Å². The largest absolute Gasteiger partial charge is 0.479 e. The Balaban J connectivity index is 2.87. The van der Waals surface area contributed by atoms with Crippen LogP contribution in [0.5, 0.6) is 0 Å². The van der Waals surface area contributed by atoms with Crippen molar-refractivity contribution < 1.29 is 23.4 Å². The van der Waals surface area contributed by atoms with Crippen LogP contribution in [0.1, 0.15) is 0 Å². The molecule has 0 saturated heterocycles. The fraction of sp³-hybridized carbons (Fsp3) is 0.222. The van der Waals surface area contributed by atoms with Gasteiger partial charge in [0, 0.05) is 11.0 Å². The number of carbonyl (C=O) groups is 1. The first-order chi connectivity index (χ1) is 8.24. The number of rotatable bonds is 5. The number of hydrogen-bond acceptors (Lipinski definition) is 4. The van der Waals surface area contributed by atoms with E-state index >= 15 is 0 Å². The van der Waals surface area contributed by atoms with E-state index in [0.717, 1.165) is 0 Å². The van der Waals surface area contributed by atoms with Crippen molar-refractivity contribution in [1.82, 2.24) is 4.72 Å². The Kier molecular flexibility index (Phi) is 5.11. The summed E-state index contributed by atoms with van der Waals surface area (Å²) in [6.45, 7) is -0.613. The second-order valence-electron chi connectivity index (χ2n) is 3.28. The summed E-state index contributed by atoms with van der Waals surface area (Å²) in [7, 11) is -3.89. The fourth-order valence-corrected chi connectivity index (χ4v) is 2.72. The summed E-state index contributed by atoms with van der Waals surface area (Å²) in [6.07, 6.45) is -1.80. The maximum atomic E-state index is 11.7. The summed E-state index contributed by atoms with van der Waals surface area (Å²) in [6, 6.07) is 3.92. The normalized spacial score (nSPS) is 13.3. The number of nitrogens with one attached hydrogen (secondary N) is 1. The minimum absolute atomic E-state index is 0.0867. The van der Waals surface area contributed by atoms with E-state index < -0.39 is 28.6 Å². The van der Waals surface area contributed by atoms with Crippen LogP contribution >= 0.6 is 27.5 Å². The molecule has 100 valence electrons. The second-order valence-corrected chi connectivity index (χ2v) is 6.31. The Morgan fingerprint density at radius 3 is 2.61 bits per heavy atom. The van der Waals surface area contributed by atoms with Crippen molar-refractivity contribution >= 4 is 43.5 Å². The molecule has 0 bridgehead atoms. The predicted octanol–water partition coefficient (Wildman–Crippen LogP) is 0.826. The van der Waals surface area contributed by atoms with Crippen molar-refractivity contribution in [1.29, 1.82) is 0 Å². The molecule has 0 aromatic heterocycles. The minimum Gasteiger partial charge on any atom is -0.479 e. The highest BCUT2D eigenvalue weighted by atomic mass is 79.9. The van der Waals surface area contributed by atoms with E-state index in [-0.39, 0.29) is 4.90 Å². The Morgan fingerprint density at radius 1 is 1.50 bits per heavy atom. The Hall–Kier alpha value is -0.670. The monoisotopic (exact) mass is 357 g/mol. The van der Waals surface area contributed by atoms with E-state index in [9.17, 15) is 13.2 Å². The molecule has 1 aromatic rings. The molecule has 1 unspecified atom stereocenters. The van der Waals surface area contributed by atoms with Gasteiger partial charge < -0.3 is 10.2 Å². The lowest BCUT2D eigenvalue weighted by molar-refractivity contribution is -0.146. The molecule has 0 aliphatic rings. The van der Waals surface area contributed by atoms with Gasteiger partial charge in [0.1, 0.15) is 0 Å². The number of halogens is 2. The van der Waals surface area contributed by atoms with Gasteiger partial charge >= 0.3 is 5.97 Å². The van der Waals surface area contributed by atoms with Gasteiger partial charge in [-0.1, -0.05) is 11.6 Å². The zero-order valence-electron chi connectivity index (χ0n) is 8.80. The highest BCUT2D eigenvalue weighted by Gasteiger charge is 2.19. The molecule has 18 heavy (non-hydrogen) atoms. The second kappa shape index (κ2) is 5.98. The van der Waals surface area contributed by atoms with Crippen LogP contribution in [-0.2, 0) is 14.8 Å². The maximum absolute atomic E-state index is 11.7. The summed E-state index contributed by atoms with van der Waals surface area (Å²) in [4.78, 5) is 10.3. The van der Waals surface area contributed by atoms with Crippen molar-refractivity contribution in [2.75, 3.05) is 6.54 Å². The average Bonchev–Trinajstić information content (AvgIpc) is 2.29. The van der Waals surface area contributed by atoms with Gasteiger partial charge in [-0.2, -0.15) is 0 Å². The third kappa shape index (κ3) is 3.92. The lowest BCUT2D eigenvalue weighted by Gasteiger charge is -2.09. The molecule has 1 atom stereocenters. The van der Waals surface area contributed by atoms with Crippen LogP contribution in [0.25, 0.3) is 0 Å². The zero-order chi connectivity index (χ0) is 13.9. The highest BCUT2D eigenvalue weighted by Crippen LogP contribution is 2.25. The number of sulfonamides is 1. The Morgan fingerprint density at radius 2 is 2.11 bits per heavy atom. The Labute approximate surface area is 117 Å². The van der Waals surface area contributed by atoms with Crippen LogP contribution < -0.4 is 4.72 Å². The number of hydrogen-bond donors (Lipinski definition) is 3. The predicted molar refractivity (Wildman–Crippen MR) is 68.0 cm³/mol. The summed E-state index contributed by atoms with van der Waals surface area (Å²) in [5.74, 6) is -1.50. The van der Waals surface area contributed by atoms with Crippen LogP contribution in [0.3, 0.4) is 0 Å². The van der Waals surface area contributed by atoms with Gasteiger partial charge in [-0.25, -0.2) is 17.9 Å². The molecule has 3 N–H and O–H groups in total. The van der Waals surface area contributed by atoms with E-state index in [0.29, 0.717) is 9.50 Å². The van der Waals surface area contributed by atoms with Gasteiger partial charge in [0.15, 0.2) is 6.10 Å². The number of aliphatic carboxylic acids is 1. The number of aliphatic hydroxyl groups is 1. The quantitative estimate of drug-likeness (QED) is 0.723. The maximum Gasteiger partial charge on any atom is 0.333 e. The summed E-state index contributed by atoms with van der Waals surface area (Å²) >= 11 is 8.79. The number of aliphatic hydroxyl groups excluding tert-OH is 1. The van der Waals surface area contributed by atoms with E-state index in [2.05, 4.69) is 15.9 Å². The van der Waals surface area contributed by atoms with Gasteiger partial charge in [0.25, 0.3) is 0 Å². The molecule has 0 aliphatic heterocycles. The minimum atomic E-state index is -3.89. The average molecular weight is 359 g/mol. The van der Waals surface area contributed by atoms with Crippen molar-refractivity contribution in [3.63, 3.8) is 0 Å². The molecule has 0 amide bonds. The highest BCUT2D eigenvalue weighted by molar-refractivity contribution is 9.10. The molecule has 0 heterocycles. The number of carboxylic acid groups (broad SMARTS) is 1. The Bertz CT molecular complexity index is 562. The molecule has 0 saturated carbocycles. The zero-order valence-corrected chi connectivity index (χ0v) is 12.0. The van der Waals surface area contributed by atoms with Gasteiger partial charge in [0.05, 0.1) is 9.92 Å². The molecule has 1 aromatic carbocycles. The molecule has 0 radical (unpaired) electrons. The van der Waals surface area contributed by atoms with Crippen molar-refractivity contribution in [3.05, 3.63) is 27.7 Å². The van der Waals surface area contributed by atoms with Crippen LogP contribution in [-0.4, -0.2) is 37.2 Å². The van der Waals surface area contributed by atoms with Gasteiger partial charge in [-0.3, -0.25) is 0 Å². The van der Waals surface area contributed by atoms with Crippen molar-refractivity contribution in [2.24, 2.45) is 0 Å². The molecular formula is C9H9BrClNO5S. The molecule has 1 rings (SSSR count). The fourth-order valence-electron chi connectivity index (χ4n) is 1.00. The first-order valence-electron chi connectivity index (χ1n) is 4.59. The first-order valence-corrected chi connectivity index (χ1v) is 7.25. The van der Waals surface area contributed by atoms with Crippen LogP contribution in [0.15, 0.2) is 27.6 Å². The standard InChI is InChI=1S/C9H9BrClNO5S/c10-6-3-5(1-2-7(6)11)18(16,17)12-4-8(13)9(14)15/h1-3,8,12-13H,4H2,(H,14,15). The van der Waals surface area contributed by atoms with Crippen LogP contribution in [0, 0.1) is 0 Å². The van der Waals surface area contributed by atoms with E-state index in [1.807, 2.05) is 4.72 Å². The van der Waals surface area contributed by atoms with Crippen LogP contribution in [0.4, 0.5) is 0 Å². The first kappa shape index (κ1) is 15.4. The van der Waals surface area contributed by atoms with E-state index in [1.54, 1.807) is 0 Å². The van der Waals surface area contributed by atoms with Gasteiger partial charge in [-0.15, -0.1) is 0 Å². The van der Waals surface area contributed by atoms with Crippen LogP contribution in [0.2, 0.25) is 5.02 Å². The summed E-state index contributed by atoms with van der Waals surface area (Å²) in [5.41, 5.74) is 0. The van der Waals surface area contributed by atoms with E-state index in [1.165, 1.54) is 18.2 Å². The summed E-state index contributed by atoms with van der Waals surface area (Å²) in [5, 5.41) is 17.7. The van der Waals surface area contributed by atoms with Gasteiger partial charge in [-0.05, 0) is 34.1 Å². The molecule has 0 fully saturated rings. The topological polar surface area (TPSA) is 104 Å². The number of benzene rings is 1. The molecule has 0 spiro atoms. The molecule has 6 nitrogen and oxygen atoms in total. The number of carboxylic acids is 1. The smallest absolute Gasteiger partial charge is 0.333 e. The third-order valence-corrected chi connectivity index (χ3v) is 4.59. The SMILES string of the molecule is O=C(O)C(O)CNS(=O)(=O)c1ccc(Cl)c(Br)c1. The summed E-state index contributed by atoms with van der Waals surface area (Å²) < 4.78 is 25.9. The lowest BCUT2D eigenvalue weighted by atomic mass is 10.4. The molecule has 0 aliphatic carbocycles. The lowest BCUT2D eigenvalue weighted by Crippen LogP contribution is -2.36. The van der Waals surface area contributed by atoms with Crippen molar-refractivity contribution in [3.8, 4) is 0 Å². The van der Waals surface area contributed by atoms with E-state index in [4.69, 9.17) is 21.8 Å². The van der Waals surface area contributed by atoms with Gasteiger partial charge in [0.2, 0.25) is 10.0 Å². The molecule has 9 heteroatoms. The molecular weight excluding hydrogens is 350 g/mol. The third-order valence-electron chi connectivity index (χ3n) is 1.95.